The first kappa shape index (κ1) is 22.0. The lowest BCUT2D eigenvalue weighted by atomic mass is 9.88. The van der Waals surface area contributed by atoms with Crippen molar-refractivity contribution in [3.63, 3.8) is 0 Å². The Morgan fingerprint density at radius 2 is 1.27 bits per heavy atom. The summed E-state index contributed by atoms with van der Waals surface area (Å²) in [6.07, 6.45) is 15.1. The Bertz CT molecular complexity index is 508. The second-order valence-corrected chi connectivity index (χ2v) is 10.0. The maximum atomic E-state index is 6.16. The SMILES string of the molecule is CCCCCCCCCCCCc1ccc(B2OC(C)(C)C(C)(C)O2)s1. The van der Waals surface area contributed by atoms with E-state index in [-0.39, 0.29) is 18.3 Å². The number of hydrogen-bond donors (Lipinski definition) is 0. The van der Waals surface area contributed by atoms with E-state index in [4.69, 9.17) is 9.31 Å². The fraction of sp³-hybridized carbons (Fsp3) is 0.818. The summed E-state index contributed by atoms with van der Waals surface area (Å²) in [5.74, 6) is 0. The zero-order valence-corrected chi connectivity index (χ0v) is 18.6. The van der Waals surface area contributed by atoms with Gasteiger partial charge < -0.3 is 9.31 Å². The van der Waals surface area contributed by atoms with Gasteiger partial charge in [0.1, 0.15) is 0 Å². The van der Waals surface area contributed by atoms with E-state index in [1.165, 1.54) is 80.3 Å². The van der Waals surface area contributed by atoms with E-state index in [0.717, 1.165) is 0 Å². The van der Waals surface area contributed by atoms with Gasteiger partial charge in [-0.05, 0) is 46.6 Å². The Hall–Kier alpha value is -0.315. The van der Waals surface area contributed by atoms with Crippen LogP contribution in [0.2, 0.25) is 0 Å². The molecule has 0 amide bonds. The molecule has 1 aromatic heterocycles. The topological polar surface area (TPSA) is 18.5 Å². The molecule has 148 valence electrons. The quantitative estimate of drug-likeness (QED) is 0.305. The molecule has 1 aromatic rings. The molecule has 0 N–H and O–H groups in total. The minimum absolute atomic E-state index is 0.202. The summed E-state index contributed by atoms with van der Waals surface area (Å²) >= 11 is 1.86. The Morgan fingerprint density at radius 1 is 0.769 bits per heavy atom. The highest BCUT2D eigenvalue weighted by Crippen LogP contribution is 2.37. The van der Waals surface area contributed by atoms with Gasteiger partial charge in [0.05, 0.1) is 11.2 Å². The van der Waals surface area contributed by atoms with Gasteiger partial charge in [0, 0.05) is 9.65 Å². The van der Waals surface area contributed by atoms with Crippen molar-refractivity contribution in [3.05, 3.63) is 17.0 Å². The maximum Gasteiger partial charge on any atom is 0.505 e. The van der Waals surface area contributed by atoms with E-state index in [2.05, 4.69) is 46.8 Å². The molecule has 2 heterocycles. The molecule has 0 aliphatic carbocycles. The van der Waals surface area contributed by atoms with Crippen molar-refractivity contribution in [2.75, 3.05) is 0 Å². The summed E-state index contributed by atoms with van der Waals surface area (Å²) in [6.45, 7) is 10.7. The summed E-state index contributed by atoms with van der Waals surface area (Å²) in [5, 5.41) is 0. The van der Waals surface area contributed by atoms with Crippen molar-refractivity contribution < 1.29 is 9.31 Å². The van der Waals surface area contributed by atoms with E-state index in [9.17, 15) is 0 Å². The molecule has 2 nitrogen and oxygen atoms in total. The zero-order chi connectivity index (χ0) is 19.0. The molecule has 0 bridgehead atoms. The van der Waals surface area contributed by atoms with Gasteiger partial charge in [0.2, 0.25) is 0 Å². The minimum atomic E-state index is -0.252. The molecule has 0 saturated carbocycles. The second-order valence-electron chi connectivity index (χ2n) is 8.82. The predicted molar refractivity (Wildman–Crippen MR) is 116 cm³/mol. The van der Waals surface area contributed by atoms with Gasteiger partial charge in [-0.3, -0.25) is 0 Å². The third-order valence-corrected chi connectivity index (χ3v) is 7.11. The largest absolute Gasteiger partial charge is 0.505 e. The predicted octanol–water partition coefficient (Wildman–Crippen LogP) is 6.51. The van der Waals surface area contributed by atoms with E-state index in [1.54, 1.807) is 0 Å². The van der Waals surface area contributed by atoms with Crippen LogP contribution in [-0.4, -0.2) is 18.3 Å². The molecular weight excluding hydrogens is 339 g/mol. The van der Waals surface area contributed by atoms with Crippen LogP contribution in [0.1, 0.15) is 104 Å². The van der Waals surface area contributed by atoms with Gasteiger partial charge in [-0.1, -0.05) is 70.8 Å². The molecule has 0 spiro atoms. The first-order valence-electron chi connectivity index (χ1n) is 10.8. The highest BCUT2D eigenvalue weighted by atomic mass is 32.1. The molecule has 1 fully saturated rings. The molecule has 1 aliphatic rings. The monoisotopic (exact) mass is 378 g/mol. The summed E-state index contributed by atoms with van der Waals surface area (Å²) < 4.78 is 13.5. The molecule has 1 aliphatic heterocycles. The molecule has 2 rings (SSSR count). The Balaban J connectivity index is 1.60. The molecule has 1 saturated heterocycles. The number of aryl methyl sites for hydroxylation is 1. The standard InChI is InChI=1S/C22H39BO2S/c1-6-7-8-9-10-11-12-13-14-15-16-19-17-18-20(26-19)23-24-21(2,3)22(4,5)25-23/h17-18H,6-16H2,1-5H3. The zero-order valence-electron chi connectivity index (χ0n) is 17.7. The second kappa shape index (κ2) is 10.3. The van der Waals surface area contributed by atoms with Gasteiger partial charge >= 0.3 is 7.12 Å². The normalized spacial score (nSPS) is 18.6. The van der Waals surface area contributed by atoms with Crippen LogP contribution in [0.3, 0.4) is 0 Å². The van der Waals surface area contributed by atoms with E-state index < -0.39 is 0 Å². The van der Waals surface area contributed by atoms with Crippen molar-refractivity contribution in [1.29, 1.82) is 0 Å². The highest BCUT2D eigenvalue weighted by molar-refractivity contribution is 7.22. The fourth-order valence-corrected chi connectivity index (χ4v) is 4.42. The van der Waals surface area contributed by atoms with Crippen LogP contribution in [0.15, 0.2) is 12.1 Å². The summed E-state index contributed by atoms with van der Waals surface area (Å²) in [4.78, 5) is 1.47. The molecule has 0 aromatic carbocycles. The molecule has 0 unspecified atom stereocenters. The first-order chi connectivity index (χ1) is 12.4. The van der Waals surface area contributed by atoms with Crippen LogP contribution in [0.25, 0.3) is 0 Å². The third kappa shape index (κ3) is 6.39. The Morgan fingerprint density at radius 3 is 1.81 bits per heavy atom. The summed E-state index contributed by atoms with van der Waals surface area (Å²) in [6, 6.07) is 4.46. The van der Waals surface area contributed by atoms with Gasteiger partial charge in [-0.2, -0.15) is 0 Å². The summed E-state index contributed by atoms with van der Waals surface area (Å²) in [5.41, 5.74) is -0.503. The smallest absolute Gasteiger partial charge is 0.399 e. The first-order valence-corrected chi connectivity index (χ1v) is 11.6. The van der Waals surface area contributed by atoms with Crippen molar-refractivity contribution in [2.24, 2.45) is 0 Å². The third-order valence-electron chi connectivity index (χ3n) is 5.94. The maximum absolute atomic E-state index is 6.16. The molecule has 0 atom stereocenters. The number of hydrogen-bond acceptors (Lipinski definition) is 3. The molecule has 26 heavy (non-hydrogen) atoms. The van der Waals surface area contributed by atoms with Crippen molar-refractivity contribution >= 4 is 23.2 Å². The van der Waals surface area contributed by atoms with Gasteiger partial charge in [0.15, 0.2) is 0 Å². The van der Waals surface area contributed by atoms with E-state index in [1.807, 2.05) is 11.3 Å². The minimum Gasteiger partial charge on any atom is -0.399 e. The summed E-state index contributed by atoms with van der Waals surface area (Å²) in [7, 11) is -0.202. The van der Waals surface area contributed by atoms with Crippen molar-refractivity contribution in [3.8, 4) is 0 Å². The number of thiophene rings is 1. The highest BCUT2D eigenvalue weighted by Gasteiger charge is 2.52. The Kier molecular flexibility index (Phi) is 8.70. The van der Waals surface area contributed by atoms with E-state index in [0.29, 0.717) is 0 Å². The average Bonchev–Trinajstić information content (AvgIpc) is 3.12. The fourth-order valence-electron chi connectivity index (χ4n) is 3.40. The van der Waals surface area contributed by atoms with Crippen LogP contribution in [0, 0.1) is 0 Å². The average molecular weight is 378 g/mol. The molecular formula is C22H39BO2S. The Labute approximate surface area is 166 Å². The van der Waals surface area contributed by atoms with Crippen molar-refractivity contribution in [1.82, 2.24) is 0 Å². The van der Waals surface area contributed by atoms with Crippen LogP contribution < -0.4 is 4.78 Å². The number of rotatable bonds is 12. The lowest BCUT2D eigenvalue weighted by molar-refractivity contribution is 0.00578. The van der Waals surface area contributed by atoms with Crippen LogP contribution in [0.5, 0.6) is 0 Å². The van der Waals surface area contributed by atoms with Crippen molar-refractivity contribution in [2.45, 2.75) is 116 Å². The van der Waals surface area contributed by atoms with Crippen LogP contribution in [-0.2, 0) is 15.7 Å². The van der Waals surface area contributed by atoms with Gasteiger partial charge in [-0.15, -0.1) is 11.3 Å². The van der Waals surface area contributed by atoms with Gasteiger partial charge in [0.25, 0.3) is 0 Å². The lowest BCUT2D eigenvalue weighted by Crippen LogP contribution is -2.41. The van der Waals surface area contributed by atoms with Crippen LogP contribution >= 0.6 is 11.3 Å². The van der Waals surface area contributed by atoms with Gasteiger partial charge in [-0.25, -0.2) is 0 Å². The number of unbranched alkanes of at least 4 members (excludes halogenated alkanes) is 9. The van der Waals surface area contributed by atoms with E-state index >= 15 is 0 Å². The molecule has 0 radical (unpaired) electrons. The molecule has 4 heteroatoms. The van der Waals surface area contributed by atoms with Crippen LogP contribution in [0.4, 0.5) is 0 Å². The lowest BCUT2D eigenvalue weighted by Gasteiger charge is -2.32.